The molecule has 9 heteroatoms. The van der Waals surface area contributed by atoms with Crippen molar-refractivity contribution >= 4 is 29.1 Å². The Bertz CT molecular complexity index is 955. The van der Waals surface area contributed by atoms with Gasteiger partial charge in [-0.15, -0.1) is 11.3 Å². The normalized spacial score (nSPS) is 20.7. The fourth-order valence-corrected chi connectivity index (χ4v) is 7.35. The zero-order valence-electron chi connectivity index (χ0n) is 25.3. The Labute approximate surface area is 250 Å². The lowest BCUT2D eigenvalue weighted by Crippen LogP contribution is -2.49. The summed E-state index contributed by atoms with van der Waals surface area (Å²) in [4.78, 5) is 48.1. The van der Waals surface area contributed by atoms with E-state index in [0.717, 1.165) is 69.2 Å². The molecule has 0 aliphatic heterocycles. The summed E-state index contributed by atoms with van der Waals surface area (Å²) < 4.78 is 0. The van der Waals surface area contributed by atoms with Crippen molar-refractivity contribution < 1.29 is 19.5 Å². The van der Waals surface area contributed by atoms with Crippen molar-refractivity contribution in [1.82, 2.24) is 20.1 Å². The molecule has 1 heterocycles. The minimum absolute atomic E-state index is 0.0354. The molecule has 230 valence electrons. The van der Waals surface area contributed by atoms with Crippen molar-refractivity contribution in [1.29, 1.82) is 0 Å². The number of nitrogens with zero attached hydrogens (tertiary/aromatic N) is 3. The van der Waals surface area contributed by atoms with Gasteiger partial charge in [0, 0.05) is 45.1 Å². The average Bonchev–Trinajstić information content (AvgIpc) is 3.63. The van der Waals surface area contributed by atoms with Crippen molar-refractivity contribution in [2.45, 2.75) is 115 Å². The number of carbonyl (C=O) groups is 3. The first kappa shape index (κ1) is 31.9. The van der Waals surface area contributed by atoms with E-state index in [-0.39, 0.29) is 36.7 Å². The summed E-state index contributed by atoms with van der Waals surface area (Å²) in [6.07, 6.45) is 17.1. The smallest absolute Gasteiger partial charge is 0.241 e. The van der Waals surface area contributed by atoms with Gasteiger partial charge in [-0.25, -0.2) is 4.98 Å². The number of thiazole rings is 1. The lowest BCUT2D eigenvalue weighted by molar-refractivity contribution is -0.142. The highest BCUT2D eigenvalue weighted by Gasteiger charge is 2.34. The van der Waals surface area contributed by atoms with Gasteiger partial charge in [0.05, 0.1) is 29.6 Å². The Balaban J connectivity index is 1.47. The maximum absolute atomic E-state index is 13.9. The molecule has 3 unspecified atom stereocenters. The largest absolute Gasteiger partial charge is 0.391 e. The predicted octanol–water partition coefficient (Wildman–Crippen LogP) is 4.81. The molecule has 3 saturated carbocycles. The molecular formula is C32H52N4O4S. The summed E-state index contributed by atoms with van der Waals surface area (Å²) in [6.45, 7) is 0.604. The molecule has 0 aromatic carbocycles. The van der Waals surface area contributed by atoms with Crippen molar-refractivity contribution in [3.05, 3.63) is 16.6 Å². The Kier molecular flexibility index (Phi) is 12.5. The maximum atomic E-state index is 13.9. The number of rotatable bonds is 15. The zero-order valence-corrected chi connectivity index (χ0v) is 26.1. The second kappa shape index (κ2) is 16.0. The first-order valence-corrected chi connectivity index (χ1v) is 17.0. The molecule has 8 nitrogen and oxygen atoms in total. The first-order valence-electron chi connectivity index (χ1n) is 16.1. The summed E-state index contributed by atoms with van der Waals surface area (Å²) in [5, 5.41) is 17.1. The second-order valence-corrected chi connectivity index (χ2v) is 14.2. The van der Waals surface area contributed by atoms with Gasteiger partial charge in [-0.05, 0) is 43.4 Å². The number of likely N-dealkylation sites (N-methyl/N-ethyl adjacent to an activating group) is 1. The molecule has 1 aromatic heterocycles. The van der Waals surface area contributed by atoms with E-state index in [1.807, 2.05) is 5.38 Å². The van der Waals surface area contributed by atoms with Gasteiger partial charge in [0.1, 0.15) is 0 Å². The van der Waals surface area contributed by atoms with Crippen molar-refractivity contribution in [2.24, 2.45) is 23.7 Å². The van der Waals surface area contributed by atoms with E-state index in [4.69, 9.17) is 0 Å². The maximum Gasteiger partial charge on any atom is 0.241 e. The van der Waals surface area contributed by atoms with Crippen LogP contribution in [0, 0.1) is 23.7 Å². The molecule has 3 atom stereocenters. The third-order valence-electron chi connectivity index (χ3n) is 9.45. The zero-order chi connectivity index (χ0) is 29.2. The molecule has 0 bridgehead atoms. The van der Waals surface area contributed by atoms with Gasteiger partial charge < -0.3 is 20.2 Å². The van der Waals surface area contributed by atoms with Gasteiger partial charge in [-0.3, -0.25) is 14.4 Å². The van der Waals surface area contributed by atoms with E-state index in [1.54, 1.807) is 25.2 Å². The molecule has 3 aliphatic carbocycles. The fraction of sp³-hybridized carbons (Fsp3) is 0.812. The van der Waals surface area contributed by atoms with Gasteiger partial charge >= 0.3 is 0 Å². The first-order chi connectivity index (χ1) is 19.8. The number of aromatic nitrogens is 1. The molecule has 3 fully saturated rings. The SMILES string of the molecule is CN(C)C(=O)CN(CC1CCCCC1)C(=O)CC(Cc1nccs1)C(=O)NC(CC1CCCCC1)C(O)CC1CC1. The topological polar surface area (TPSA) is 103 Å². The van der Waals surface area contributed by atoms with Gasteiger partial charge in [-0.1, -0.05) is 64.2 Å². The summed E-state index contributed by atoms with van der Waals surface area (Å²) >= 11 is 1.49. The molecule has 3 amide bonds. The van der Waals surface area contributed by atoms with Gasteiger partial charge in [-0.2, -0.15) is 0 Å². The highest BCUT2D eigenvalue weighted by Crippen LogP contribution is 2.36. The number of hydrogen-bond acceptors (Lipinski definition) is 6. The van der Waals surface area contributed by atoms with Crippen LogP contribution in [-0.2, 0) is 20.8 Å². The van der Waals surface area contributed by atoms with Crippen LogP contribution in [0.15, 0.2) is 11.6 Å². The van der Waals surface area contributed by atoms with Crippen LogP contribution in [0.1, 0.15) is 101 Å². The minimum atomic E-state index is -0.598. The second-order valence-electron chi connectivity index (χ2n) is 13.2. The number of aliphatic hydroxyl groups is 1. The Morgan fingerprint density at radius 3 is 2.15 bits per heavy atom. The number of aliphatic hydroxyl groups excluding tert-OH is 1. The Morgan fingerprint density at radius 2 is 1.56 bits per heavy atom. The molecule has 4 rings (SSSR count). The van der Waals surface area contributed by atoms with Crippen LogP contribution >= 0.6 is 11.3 Å². The molecule has 0 radical (unpaired) electrons. The molecular weight excluding hydrogens is 536 g/mol. The van der Waals surface area contributed by atoms with Crippen LogP contribution in [0.3, 0.4) is 0 Å². The highest BCUT2D eigenvalue weighted by molar-refractivity contribution is 7.09. The van der Waals surface area contributed by atoms with Crippen molar-refractivity contribution in [2.75, 3.05) is 27.2 Å². The summed E-state index contributed by atoms with van der Waals surface area (Å²) in [7, 11) is 3.42. The van der Waals surface area contributed by atoms with Crippen LogP contribution < -0.4 is 5.32 Å². The minimum Gasteiger partial charge on any atom is -0.391 e. The van der Waals surface area contributed by atoms with Gasteiger partial charge in [0.15, 0.2) is 0 Å². The van der Waals surface area contributed by atoms with E-state index in [9.17, 15) is 19.5 Å². The summed E-state index contributed by atoms with van der Waals surface area (Å²) in [6, 6.07) is -0.297. The van der Waals surface area contributed by atoms with E-state index >= 15 is 0 Å². The number of hydrogen-bond donors (Lipinski definition) is 2. The van der Waals surface area contributed by atoms with Crippen molar-refractivity contribution in [3.63, 3.8) is 0 Å². The summed E-state index contributed by atoms with van der Waals surface area (Å²) in [5.41, 5.74) is 0. The van der Waals surface area contributed by atoms with Gasteiger partial charge in [0.2, 0.25) is 17.7 Å². The highest BCUT2D eigenvalue weighted by atomic mass is 32.1. The lowest BCUT2D eigenvalue weighted by atomic mass is 9.83. The number of carbonyl (C=O) groups excluding carboxylic acids is 3. The quantitative estimate of drug-likeness (QED) is 0.306. The van der Waals surface area contributed by atoms with Crippen molar-refractivity contribution in [3.8, 4) is 0 Å². The Morgan fingerprint density at radius 1 is 0.927 bits per heavy atom. The van der Waals surface area contributed by atoms with E-state index < -0.39 is 12.0 Å². The van der Waals surface area contributed by atoms with Crippen LogP contribution in [0.4, 0.5) is 0 Å². The van der Waals surface area contributed by atoms with Crippen LogP contribution in [0.25, 0.3) is 0 Å². The average molecular weight is 589 g/mol. The van der Waals surface area contributed by atoms with E-state index in [0.29, 0.717) is 30.7 Å². The molecule has 3 aliphatic rings. The van der Waals surface area contributed by atoms with E-state index in [2.05, 4.69) is 10.3 Å². The number of nitrogens with one attached hydrogen (secondary N) is 1. The predicted molar refractivity (Wildman–Crippen MR) is 162 cm³/mol. The van der Waals surface area contributed by atoms with Gasteiger partial charge in [0.25, 0.3) is 0 Å². The molecule has 0 saturated heterocycles. The summed E-state index contributed by atoms with van der Waals surface area (Å²) in [5.74, 6) is 0.442. The molecule has 2 N–H and O–H groups in total. The monoisotopic (exact) mass is 588 g/mol. The van der Waals surface area contributed by atoms with Crippen LogP contribution in [-0.4, -0.2) is 76.9 Å². The molecule has 41 heavy (non-hydrogen) atoms. The van der Waals surface area contributed by atoms with E-state index in [1.165, 1.54) is 41.9 Å². The third kappa shape index (κ3) is 10.7. The number of amides is 3. The molecule has 0 spiro atoms. The van der Waals surface area contributed by atoms with Crippen LogP contribution in [0.2, 0.25) is 0 Å². The van der Waals surface area contributed by atoms with Crippen LogP contribution in [0.5, 0.6) is 0 Å². The standard InChI is InChI=1S/C32H52N4O4S/c1-35(2)31(39)22-36(21-25-11-7-4-8-12-25)30(38)20-26(19-29-33-15-16-41-29)32(40)34-27(28(37)18-24-13-14-24)17-23-9-5-3-6-10-23/h15-16,23-28,37H,3-14,17-22H2,1-2H3,(H,34,40). The Hall–Kier alpha value is -2.00. The third-order valence-corrected chi connectivity index (χ3v) is 10.3. The fourth-order valence-electron chi connectivity index (χ4n) is 6.66. The lowest BCUT2D eigenvalue weighted by Gasteiger charge is -2.32. The molecule has 1 aromatic rings.